The van der Waals surface area contributed by atoms with Gasteiger partial charge in [0.15, 0.2) is 0 Å². The molecule has 1 rings (SSSR count). The van der Waals surface area contributed by atoms with Gasteiger partial charge in [-0.3, -0.25) is 0 Å². The monoisotopic (exact) mass is 213 g/mol. The van der Waals surface area contributed by atoms with E-state index in [4.69, 9.17) is 0 Å². The maximum absolute atomic E-state index is 13.3. The molecule has 1 atom stereocenters. The van der Waals surface area contributed by atoms with Crippen LogP contribution in [-0.2, 0) is 0 Å². The molecule has 1 nitrogen and oxygen atoms in total. The van der Waals surface area contributed by atoms with Crippen LogP contribution >= 0.6 is 0 Å². The molecule has 1 N–H and O–H groups in total. The summed E-state index contributed by atoms with van der Waals surface area (Å²) < 4.78 is 26.0. The van der Waals surface area contributed by atoms with Gasteiger partial charge in [0.1, 0.15) is 11.6 Å². The summed E-state index contributed by atoms with van der Waals surface area (Å²) in [6.07, 6.45) is 0.911. The van der Waals surface area contributed by atoms with E-state index < -0.39 is 11.6 Å². The van der Waals surface area contributed by atoms with Crippen molar-refractivity contribution in [3.05, 3.63) is 29.8 Å². The highest BCUT2D eigenvalue weighted by Crippen LogP contribution is 2.19. The van der Waals surface area contributed by atoms with Crippen LogP contribution in [0.5, 0.6) is 0 Å². The maximum atomic E-state index is 13.3. The van der Waals surface area contributed by atoms with Crippen LogP contribution in [0.25, 0.3) is 0 Å². The second-order valence-electron chi connectivity index (χ2n) is 4.03. The Labute approximate surface area is 89.5 Å². The van der Waals surface area contributed by atoms with Gasteiger partial charge in [-0.05, 0) is 24.5 Å². The highest BCUT2D eigenvalue weighted by atomic mass is 19.1. The summed E-state index contributed by atoms with van der Waals surface area (Å²) in [5.41, 5.74) is 0.372. The second kappa shape index (κ2) is 5.10. The van der Waals surface area contributed by atoms with Crippen molar-refractivity contribution in [3.8, 4) is 0 Å². The first-order valence-corrected chi connectivity index (χ1v) is 5.26. The molecule has 0 aromatic heterocycles. The molecule has 84 valence electrons. The topological polar surface area (TPSA) is 12.0 Å². The van der Waals surface area contributed by atoms with Crippen molar-refractivity contribution in [2.75, 3.05) is 5.32 Å². The summed E-state index contributed by atoms with van der Waals surface area (Å²) in [5, 5.41) is 3.08. The molecule has 0 aliphatic heterocycles. The Hall–Kier alpha value is -1.12. The van der Waals surface area contributed by atoms with Gasteiger partial charge in [0.2, 0.25) is 0 Å². The zero-order valence-electron chi connectivity index (χ0n) is 9.35. The van der Waals surface area contributed by atoms with Gasteiger partial charge in [0.05, 0.1) is 5.69 Å². The molecule has 1 aromatic carbocycles. The Kier molecular flexibility index (Phi) is 4.06. The number of rotatable bonds is 4. The Bertz CT molecular complexity index is 323. The Morgan fingerprint density at radius 1 is 1.27 bits per heavy atom. The largest absolute Gasteiger partial charge is 0.380 e. The molecule has 15 heavy (non-hydrogen) atoms. The smallest absolute Gasteiger partial charge is 0.149 e. The highest BCUT2D eigenvalue weighted by Gasteiger charge is 2.12. The number of hydrogen-bond acceptors (Lipinski definition) is 1. The summed E-state index contributed by atoms with van der Waals surface area (Å²) in [6.45, 7) is 6.18. The molecule has 0 amide bonds. The van der Waals surface area contributed by atoms with E-state index in [1.807, 2.05) is 6.92 Å². The SMILES string of the molecule is CCC(Nc1ccc(F)cc1F)C(C)C. The molecule has 0 fully saturated rings. The lowest BCUT2D eigenvalue weighted by atomic mass is 10.0. The maximum Gasteiger partial charge on any atom is 0.149 e. The van der Waals surface area contributed by atoms with Gasteiger partial charge in [-0.15, -0.1) is 0 Å². The lowest BCUT2D eigenvalue weighted by Crippen LogP contribution is -2.25. The summed E-state index contributed by atoms with van der Waals surface area (Å²) in [6, 6.07) is 3.81. The molecule has 0 bridgehead atoms. The van der Waals surface area contributed by atoms with Crippen molar-refractivity contribution in [1.29, 1.82) is 0 Å². The van der Waals surface area contributed by atoms with Crippen LogP contribution in [0, 0.1) is 17.6 Å². The number of hydrogen-bond donors (Lipinski definition) is 1. The fourth-order valence-electron chi connectivity index (χ4n) is 1.55. The van der Waals surface area contributed by atoms with E-state index in [9.17, 15) is 8.78 Å². The van der Waals surface area contributed by atoms with Gasteiger partial charge >= 0.3 is 0 Å². The van der Waals surface area contributed by atoms with Crippen LogP contribution < -0.4 is 5.32 Å². The fraction of sp³-hybridized carbons (Fsp3) is 0.500. The van der Waals surface area contributed by atoms with E-state index in [2.05, 4.69) is 19.2 Å². The van der Waals surface area contributed by atoms with E-state index in [1.54, 1.807) is 0 Å². The van der Waals surface area contributed by atoms with Crippen LogP contribution in [0.15, 0.2) is 18.2 Å². The average Bonchev–Trinajstić information content (AvgIpc) is 2.16. The predicted octanol–water partition coefficient (Wildman–Crippen LogP) is 3.81. The van der Waals surface area contributed by atoms with Crippen LogP contribution in [0.1, 0.15) is 27.2 Å². The van der Waals surface area contributed by atoms with E-state index >= 15 is 0 Å². The van der Waals surface area contributed by atoms with Crippen LogP contribution in [0.2, 0.25) is 0 Å². The normalized spacial score (nSPS) is 12.9. The summed E-state index contributed by atoms with van der Waals surface area (Å²) in [4.78, 5) is 0. The zero-order chi connectivity index (χ0) is 11.4. The minimum absolute atomic E-state index is 0.213. The first kappa shape index (κ1) is 12.0. The Balaban J connectivity index is 2.79. The lowest BCUT2D eigenvalue weighted by molar-refractivity contribution is 0.505. The Morgan fingerprint density at radius 2 is 1.93 bits per heavy atom. The summed E-state index contributed by atoms with van der Waals surface area (Å²) in [7, 11) is 0. The van der Waals surface area contributed by atoms with Gasteiger partial charge in [0.25, 0.3) is 0 Å². The van der Waals surface area contributed by atoms with E-state index in [0.717, 1.165) is 12.5 Å². The van der Waals surface area contributed by atoms with Crippen LogP contribution in [-0.4, -0.2) is 6.04 Å². The van der Waals surface area contributed by atoms with Crippen molar-refractivity contribution in [3.63, 3.8) is 0 Å². The minimum atomic E-state index is -0.546. The van der Waals surface area contributed by atoms with Crippen molar-refractivity contribution >= 4 is 5.69 Å². The second-order valence-corrected chi connectivity index (χ2v) is 4.03. The molecular weight excluding hydrogens is 196 g/mol. The third kappa shape index (κ3) is 3.18. The van der Waals surface area contributed by atoms with Crippen molar-refractivity contribution in [2.45, 2.75) is 33.2 Å². The zero-order valence-corrected chi connectivity index (χ0v) is 9.35. The number of halogens is 2. The van der Waals surface area contributed by atoms with Crippen molar-refractivity contribution in [2.24, 2.45) is 5.92 Å². The van der Waals surface area contributed by atoms with Gasteiger partial charge in [-0.2, -0.15) is 0 Å². The molecule has 1 aromatic rings. The minimum Gasteiger partial charge on any atom is -0.380 e. The molecule has 0 aliphatic carbocycles. The molecule has 0 aliphatic rings. The predicted molar refractivity (Wildman–Crippen MR) is 58.9 cm³/mol. The van der Waals surface area contributed by atoms with Gasteiger partial charge in [0, 0.05) is 12.1 Å². The molecule has 0 saturated heterocycles. The number of anilines is 1. The highest BCUT2D eigenvalue weighted by molar-refractivity contribution is 5.45. The van der Waals surface area contributed by atoms with Gasteiger partial charge in [-0.25, -0.2) is 8.78 Å². The molecule has 0 spiro atoms. The fourth-order valence-corrected chi connectivity index (χ4v) is 1.55. The van der Waals surface area contributed by atoms with Crippen LogP contribution in [0.3, 0.4) is 0 Å². The number of nitrogens with one attached hydrogen (secondary N) is 1. The van der Waals surface area contributed by atoms with Crippen molar-refractivity contribution < 1.29 is 8.78 Å². The molecule has 1 unspecified atom stereocenters. The third-order valence-corrected chi connectivity index (χ3v) is 2.52. The molecule has 0 heterocycles. The number of benzene rings is 1. The average molecular weight is 213 g/mol. The molecule has 3 heteroatoms. The van der Waals surface area contributed by atoms with Crippen molar-refractivity contribution in [1.82, 2.24) is 0 Å². The quantitative estimate of drug-likeness (QED) is 0.801. The molecule has 0 saturated carbocycles. The van der Waals surface area contributed by atoms with Gasteiger partial charge in [-0.1, -0.05) is 20.8 Å². The first-order chi connectivity index (χ1) is 7.04. The molecule has 0 radical (unpaired) electrons. The Morgan fingerprint density at radius 3 is 2.40 bits per heavy atom. The summed E-state index contributed by atoms with van der Waals surface area (Å²) >= 11 is 0. The van der Waals surface area contributed by atoms with Gasteiger partial charge < -0.3 is 5.32 Å². The van der Waals surface area contributed by atoms with E-state index in [0.29, 0.717) is 11.6 Å². The summed E-state index contributed by atoms with van der Waals surface area (Å²) in [5.74, 6) is -0.663. The van der Waals surface area contributed by atoms with Crippen LogP contribution in [0.4, 0.5) is 14.5 Å². The lowest BCUT2D eigenvalue weighted by Gasteiger charge is -2.22. The van der Waals surface area contributed by atoms with E-state index in [1.165, 1.54) is 12.1 Å². The van der Waals surface area contributed by atoms with E-state index in [-0.39, 0.29) is 6.04 Å². The standard InChI is InChI=1S/C12H17F2N/c1-4-11(8(2)3)15-12-6-5-9(13)7-10(12)14/h5-8,11,15H,4H2,1-3H3. The first-order valence-electron chi connectivity index (χ1n) is 5.26. The molecular formula is C12H17F2N. The third-order valence-electron chi connectivity index (χ3n) is 2.52.